The minimum Gasteiger partial charge on any atom is -0.358 e. The van der Waals surface area contributed by atoms with Crippen molar-refractivity contribution in [2.45, 2.75) is 33.2 Å². The van der Waals surface area contributed by atoms with E-state index in [9.17, 15) is 0 Å². The zero-order chi connectivity index (χ0) is 17.6. The summed E-state index contributed by atoms with van der Waals surface area (Å²) >= 11 is 5.38. The number of thiocarbonyl (C=S) groups is 1. The molecule has 1 aromatic heterocycles. The van der Waals surface area contributed by atoms with Crippen molar-refractivity contribution in [2.75, 3.05) is 23.3 Å². The first kappa shape index (κ1) is 17.6. The van der Waals surface area contributed by atoms with Crippen LogP contribution in [0.5, 0.6) is 0 Å². The van der Waals surface area contributed by atoms with Crippen LogP contribution in [0, 0.1) is 12.8 Å². The predicted octanol–water partition coefficient (Wildman–Crippen LogP) is 3.51. The third-order valence-corrected chi connectivity index (χ3v) is 4.59. The third kappa shape index (κ3) is 5.13. The van der Waals surface area contributed by atoms with Gasteiger partial charge in [0.2, 0.25) is 5.95 Å². The second-order valence-electron chi connectivity index (χ2n) is 6.68. The van der Waals surface area contributed by atoms with Crippen LogP contribution in [-0.2, 0) is 6.54 Å². The first-order valence-electron chi connectivity index (χ1n) is 8.79. The Hall–Kier alpha value is -2.21. The number of benzene rings is 1. The Morgan fingerprint density at radius 2 is 2.08 bits per heavy atom. The number of nitrogens with one attached hydrogen (secondary N) is 2. The standard InChI is InChI=1S/C19H25N5S/c1-14-7-6-10-24(13-14)17-11-15(2)21-18(22-17)23-19(25)20-12-16-8-4-3-5-9-16/h3-5,8-9,11,14H,6-7,10,12-13H2,1-2H3,(H2,20,21,22,23,25)/t14-/m1/s1. The van der Waals surface area contributed by atoms with Crippen LogP contribution in [0.25, 0.3) is 0 Å². The molecule has 0 unspecified atom stereocenters. The van der Waals surface area contributed by atoms with E-state index in [4.69, 9.17) is 12.2 Å². The van der Waals surface area contributed by atoms with Gasteiger partial charge in [-0.05, 0) is 43.5 Å². The number of aromatic nitrogens is 2. The molecule has 2 heterocycles. The van der Waals surface area contributed by atoms with Crippen LogP contribution in [0.15, 0.2) is 36.4 Å². The highest BCUT2D eigenvalue weighted by molar-refractivity contribution is 7.80. The number of aryl methyl sites for hydroxylation is 1. The van der Waals surface area contributed by atoms with Crippen LogP contribution in [0.4, 0.5) is 11.8 Å². The summed E-state index contributed by atoms with van der Waals surface area (Å²) in [7, 11) is 0. The Morgan fingerprint density at radius 3 is 2.84 bits per heavy atom. The molecule has 3 rings (SSSR count). The summed E-state index contributed by atoms with van der Waals surface area (Å²) in [5.41, 5.74) is 2.12. The Morgan fingerprint density at radius 1 is 1.28 bits per heavy atom. The molecule has 1 aromatic carbocycles. The summed E-state index contributed by atoms with van der Waals surface area (Å²) < 4.78 is 0. The SMILES string of the molecule is Cc1cc(N2CCC[C@@H](C)C2)nc(NC(=S)NCc2ccccc2)n1. The van der Waals surface area contributed by atoms with E-state index in [1.54, 1.807) is 0 Å². The number of anilines is 2. The van der Waals surface area contributed by atoms with Gasteiger partial charge in [0.25, 0.3) is 0 Å². The molecule has 5 nitrogen and oxygen atoms in total. The van der Waals surface area contributed by atoms with Crippen molar-refractivity contribution in [3.05, 3.63) is 47.7 Å². The van der Waals surface area contributed by atoms with E-state index >= 15 is 0 Å². The maximum Gasteiger partial charge on any atom is 0.231 e. The van der Waals surface area contributed by atoms with Gasteiger partial charge in [-0.2, -0.15) is 4.98 Å². The van der Waals surface area contributed by atoms with Crippen molar-refractivity contribution in [1.82, 2.24) is 15.3 Å². The highest BCUT2D eigenvalue weighted by Crippen LogP contribution is 2.22. The fourth-order valence-corrected chi connectivity index (χ4v) is 3.25. The number of hydrogen-bond acceptors (Lipinski definition) is 4. The smallest absolute Gasteiger partial charge is 0.231 e. The van der Waals surface area contributed by atoms with Crippen molar-refractivity contribution in [3.8, 4) is 0 Å². The number of hydrogen-bond donors (Lipinski definition) is 2. The molecule has 0 radical (unpaired) electrons. The maximum atomic E-state index is 5.38. The molecule has 1 atom stereocenters. The second-order valence-corrected chi connectivity index (χ2v) is 7.09. The first-order chi connectivity index (χ1) is 12.1. The van der Waals surface area contributed by atoms with Gasteiger partial charge in [0.1, 0.15) is 5.82 Å². The van der Waals surface area contributed by atoms with Crippen LogP contribution in [0.1, 0.15) is 31.0 Å². The van der Waals surface area contributed by atoms with E-state index < -0.39 is 0 Å². The predicted molar refractivity (Wildman–Crippen MR) is 107 cm³/mol. The Kier molecular flexibility index (Phi) is 5.81. The zero-order valence-corrected chi connectivity index (χ0v) is 15.6. The first-order valence-corrected chi connectivity index (χ1v) is 9.20. The molecular weight excluding hydrogens is 330 g/mol. The van der Waals surface area contributed by atoms with E-state index in [0.717, 1.165) is 24.6 Å². The van der Waals surface area contributed by atoms with Gasteiger partial charge in [0.05, 0.1) is 0 Å². The molecular formula is C19H25N5S. The van der Waals surface area contributed by atoms with Gasteiger partial charge < -0.3 is 15.5 Å². The van der Waals surface area contributed by atoms with Crippen LogP contribution < -0.4 is 15.5 Å². The minimum absolute atomic E-state index is 0.535. The molecule has 1 aliphatic rings. The summed E-state index contributed by atoms with van der Waals surface area (Å²) in [4.78, 5) is 11.5. The Labute approximate surface area is 154 Å². The molecule has 6 heteroatoms. The number of piperidine rings is 1. The molecule has 0 bridgehead atoms. The van der Waals surface area contributed by atoms with Crippen molar-refractivity contribution in [1.29, 1.82) is 0 Å². The highest BCUT2D eigenvalue weighted by atomic mass is 32.1. The Balaban J connectivity index is 1.62. The van der Waals surface area contributed by atoms with Gasteiger partial charge in [0, 0.05) is 31.4 Å². The van der Waals surface area contributed by atoms with Crippen molar-refractivity contribution in [3.63, 3.8) is 0 Å². The monoisotopic (exact) mass is 355 g/mol. The lowest BCUT2D eigenvalue weighted by Gasteiger charge is -2.32. The minimum atomic E-state index is 0.535. The lowest BCUT2D eigenvalue weighted by molar-refractivity contribution is 0.444. The fraction of sp³-hybridized carbons (Fsp3) is 0.421. The molecule has 25 heavy (non-hydrogen) atoms. The van der Waals surface area contributed by atoms with E-state index in [0.29, 0.717) is 23.5 Å². The molecule has 1 aliphatic heterocycles. The second kappa shape index (κ2) is 8.25. The molecule has 0 amide bonds. The topological polar surface area (TPSA) is 53.1 Å². The quantitative estimate of drug-likeness (QED) is 0.819. The van der Waals surface area contributed by atoms with Crippen LogP contribution in [-0.4, -0.2) is 28.2 Å². The van der Waals surface area contributed by atoms with E-state index in [-0.39, 0.29) is 0 Å². The molecule has 2 N–H and O–H groups in total. The largest absolute Gasteiger partial charge is 0.358 e. The van der Waals surface area contributed by atoms with Gasteiger partial charge in [-0.25, -0.2) is 4.98 Å². The fourth-order valence-electron chi connectivity index (χ4n) is 3.09. The maximum absolute atomic E-state index is 5.38. The molecule has 1 saturated heterocycles. The van der Waals surface area contributed by atoms with Crippen molar-refractivity contribution in [2.24, 2.45) is 5.92 Å². The molecule has 2 aromatic rings. The van der Waals surface area contributed by atoms with Crippen molar-refractivity contribution < 1.29 is 0 Å². The van der Waals surface area contributed by atoms with E-state index in [1.807, 2.05) is 31.2 Å². The summed E-state index contributed by atoms with van der Waals surface area (Å²) in [6, 6.07) is 12.2. The van der Waals surface area contributed by atoms with Gasteiger partial charge in [-0.3, -0.25) is 0 Å². The average Bonchev–Trinajstić information content (AvgIpc) is 2.60. The van der Waals surface area contributed by atoms with Crippen LogP contribution in [0.2, 0.25) is 0 Å². The molecule has 0 aliphatic carbocycles. The average molecular weight is 356 g/mol. The van der Waals surface area contributed by atoms with Crippen molar-refractivity contribution >= 4 is 29.1 Å². The van der Waals surface area contributed by atoms with Gasteiger partial charge in [0.15, 0.2) is 5.11 Å². The number of rotatable bonds is 4. The molecule has 132 valence electrons. The van der Waals surface area contributed by atoms with Crippen LogP contribution in [0.3, 0.4) is 0 Å². The third-order valence-electron chi connectivity index (χ3n) is 4.34. The molecule has 0 spiro atoms. The van der Waals surface area contributed by atoms with Gasteiger partial charge >= 0.3 is 0 Å². The van der Waals surface area contributed by atoms with Gasteiger partial charge in [-0.1, -0.05) is 37.3 Å². The lowest BCUT2D eigenvalue weighted by atomic mass is 10.0. The Bertz CT molecular complexity index is 719. The number of nitrogens with zero attached hydrogens (tertiary/aromatic N) is 3. The zero-order valence-electron chi connectivity index (χ0n) is 14.8. The summed E-state index contributed by atoms with van der Waals surface area (Å²) in [5.74, 6) is 2.24. The van der Waals surface area contributed by atoms with E-state index in [2.05, 4.69) is 44.6 Å². The summed E-state index contributed by atoms with van der Waals surface area (Å²) in [5, 5.41) is 6.85. The highest BCUT2D eigenvalue weighted by Gasteiger charge is 2.18. The molecule has 0 saturated carbocycles. The van der Waals surface area contributed by atoms with Crippen LogP contribution >= 0.6 is 12.2 Å². The summed E-state index contributed by atoms with van der Waals surface area (Å²) in [6.07, 6.45) is 2.50. The van der Waals surface area contributed by atoms with Gasteiger partial charge in [-0.15, -0.1) is 0 Å². The normalized spacial score (nSPS) is 17.2. The summed E-state index contributed by atoms with van der Waals surface area (Å²) in [6.45, 7) is 7.06. The lowest BCUT2D eigenvalue weighted by Crippen LogP contribution is -2.35. The van der Waals surface area contributed by atoms with E-state index in [1.165, 1.54) is 18.4 Å². The molecule has 1 fully saturated rings.